The first-order valence-corrected chi connectivity index (χ1v) is 10.8. The normalized spacial score (nSPS) is 16.2. The highest BCUT2D eigenvalue weighted by Gasteiger charge is 2.27. The number of anilines is 2. The summed E-state index contributed by atoms with van der Waals surface area (Å²) in [5, 5.41) is 17.6. The molecule has 31 heavy (non-hydrogen) atoms. The maximum atomic E-state index is 12.8. The van der Waals surface area contributed by atoms with Gasteiger partial charge in [-0.1, -0.05) is 0 Å². The van der Waals surface area contributed by atoms with Crippen LogP contribution in [0.15, 0.2) is 30.2 Å². The van der Waals surface area contributed by atoms with Crippen LogP contribution < -0.4 is 10.2 Å². The lowest BCUT2D eigenvalue weighted by Crippen LogP contribution is -2.41. The van der Waals surface area contributed by atoms with Crippen LogP contribution in [0.25, 0.3) is 5.82 Å². The summed E-state index contributed by atoms with van der Waals surface area (Å²) in [7, 11) is 0. The van der Waals surface area contributed by atoms with E-state index < -0.39 is 0 Å². The van der Waals surface area contributed by atoms with Crippen LogP contribution in [0.1, 0.15) is 25.5 Å². The SMILES string of the molecule is CCOC(=O)Cc1csc(NC(=O)[C@@H]2CCCN(c3ccc(-n4cncn4)nn3)C2)n1. The first-order chi connectivity index (χ1) is 15.1. The minimum Gasteiger partial charge on any atom is -0.466 e. The second kappa shape index (κ2) is 9.60. The largest absolute Gasteiger partial charge is 0.466 e. The lowest BCUT2D eigenvalue weighted by atomic mass is 9.97. The number of aromatic nitrogens is 6. The fraction of sp³-hybridized carbons (Fsp3) is 0.421. The fourth-order valence-corrected chi connectivity index (χ4v) is 4.06. The second-order valence-electron chi connectivity index (χ2n) is 6.99. The predicted octanol–water partition coefficient (Wildman–Crippen LogP) is 1.47. The molecule has 3 aromatic rings. The van der Waals surface area contributed by atoms with E-state index in [0.29, 0.717) is 35.6 Å². The summed E-state index contributed by atoms with van der Waals surface area (Å²) in [6, 6.07) is 3.69. The Bertz CT molecular complexity index is 1020. The van der Waals surface area contributed by atoms with Crippen molar-refractivity contribution in [3.05, 3.63) is 35.9 Å². The Morgan fingerprint density at radius 3 is 2.87 bits per heavy atom. The van der Waals surface area contributed by atoms with Crippen molar-refractivity contribution < 1.29 is 14.3 Å². The van der Waals surface area contributed by atoms with Crippen molar-refractivity contribution in [2.75, 3.05) is 29.9 Å². The van der Waals surface area contributed by atoms with E-state index in [1.54, 1.807) is 18.6 Å². The van der Waals surface area contributed by atoms with E-state index in [0.717, 1.165) is 19.4 Å². The Hall–Kier alpha value is -3.41. The minimum atomic E-state index is -0.329. The van der Waals surface area contributed by atoms with E-state index in [1.807, 2.05) is 12.1 Å². The highest BCUT2D eigenvalue weighted by atomic mass is 32.1. The molecule has 1 atom stereocenters. The van der Waals surface area contributed by atoms with Gasteiger partial charge < -0.3 is 15.0 Å². The lowest BCUT2D eigenvalue weighted by molar-refractivity contribution is -0.142. The number of nitrogens with zero attached hydrogens (tertiary/aromatic N) is 7. The predicted molar refractivity (Wildman–Crippen MR) is 113 cm³/mol. The van der Waals surface area contributed by atoms with E-state index >= 15 is 0 Å². The van der Waals surface area contributed by atoms with Gasteiger partial charge in [-0.25, -0.2) is 14.6 Å². The average Bonchev–Trinajstić information content (AvgIpc) is 3.47. The summed E-state index contributed by atoms with van der Waals surface area (Å²) in [5.74, 6) is 0.684. The van der Waals surface area contributed by atoms with Gasteiger partial charge in [0.05, 0.1) is 24.6 Å². The molecule has 1 aliphatic heterocycles. The number of thiazole rings is 1. The number of rotatable bonds is 7. The minimum absolute atomic E-state index is 0.0890. The highest BCUT2D eigenvalue weighted by Crippen LogP contribution is 2.24. The van der Waals surface area contributed by atoms with Gasteiger partial charge >= 0.3 is 5.97 Å². The number of carbonyl (C=O) groups is 2. The molecule has 0 aromatic carbocycles. The summed E-state index contributed by atoms with van der Waals surface area (Å²) in [6.45, 7) is 3.44. The van der Waals surface area contributed by atoms with E-state index in [1.165, 1.54) is 22.3 Å². The number of carbonyl (C=O) groups excluding carboxylic acids is 2. The molecule has 4 rings (SSSR count). The Morgan fingerprint density at radius 2 is 2.13 bits per heavy atom. The number of hydrogen-bond acceptors (Lipinski definition) is 10. The molecular formula is C19H22N8O3S. The Labute approximate surface area is 182 Å². The Morgan fingerprint density at radius 1 is 1.29 bits per heavy atom. The van der Waals surface area contributed by atoms with Crippen molar-refractivity contribution in [1.29, 1.82) is 0 Å². The molecule has 0 spiro atoms. The molecule has 1 amide bonds. The average molecular weight is 443 g/mol. The third kappa shape index (κ3) is 5.20. The maximum Gasteiger partial charge on any atom is 0.311 e. The van der Waals surface area contributed by atoms with E-state index in [9.17, 15) is 9.59 Å². The summed E-state index contributed by atoms with van der Waals surface area (Å²) in [5.41, 5.74) is 0.590. The lowest BCUT2D eigenvalue weighted by Gasteiger charge is -2.32. The van der Waals surface area contributed by atoms with Crippen LogP contribution in [-0.2, 0) is 20.7 Å². The number of ether oxygens (including phenoxy) is 1. The fourth-order valence-electron chi connectivity index (χ4n) is 3.35. The maximum absolute atomic E-state index is 12.8. The van der Waals surface area contributed by atoms with Gasteiger partial charge in [-0.15, -0.1) is 21.5 Å². The molecule has 11 nitrogen and oxygen atoms in total. The Balaban J connectivity index is 1.34. The number of esters is 1. The molecule has 0 saturated carbocycles. The summed E-state index contributed by atoms with van der Waals surface area (Å²) in [6.07, 6.45) is 4.75. The monoisotopic (exact) mass is 442 g/mol. The van der Waals surface area contributed by atoms with Crippen LogP contribution in [0.5, 0.6) is 0 Å². The van der Waals surface area contributed by atoms with Crippen LogP contribution in [0.3, 0.4) is 0 Å². The van der Waals surface area contributed by atoms with Crippen molar-refractivity contribution in [1.82, 2.24) is 29.9 Å². The van der Waals surface area contributed by atoms with Crippen LogP contribution in [0.2, 0.25) is 0 Å². The third-order valence-corrected chi connectivity index (χ3v) is 5.63. The van der Waals surface area contributed by atoms with Gasteiger partial charge in [-0.3, -0.25) is 9.59 Å². The molecule has 1 saturated heterocycles. The molecule has 0 aliphatic carbocycles. The molecule has 162 valence electrons. The second-order valence-corrected chi connectivity index (χ2v) is 7.85. The Kier molecular flexibility index (Phi) is 6.46. The van der Waals surface area contributed by atoms with E-state index in [2.05, 4.69) is 35.5 Å². The molecule has 4 heterocycles. The molecule has 1 N–H and O–H groups in total. The molecule has 1 aliphatic rings. The van der Waals surface area contributed by atoms with Crippen molar-refractivity contribution in [3.63, 3.8) is 0 Å². The summed E-state index contributed by atoms with van der Waals surface area (Å²) in [4.78, 5) is 34.6. The smallest absolute Gasteiger partial charge is 0.311 e. The van der Waals surface area contributed by atoms with Crippen LogP contribution in [0, 0.1) is 5.92 Å². The highest BCUT2D eigenvalue weighted by molar-refractivity contribution is 7.13. The van der Waals surface area contributed by atoms with Gasteiger partial charge in [0.1, 0.15) is 12.7 Å². The van der Waals surface area contributed by atoms with Crippen LogP contribution >= 0.6 is 11.3 Å². The van der Waals surface area contributed by atoms with Gasteiger partial charge in [0.25, 0.3) is 0 Å². The van der Waals surface area contributed by atoms with Crippen molar-refractivity contribution in [2.45, 2.75) is 26.2 Å². The van der Waals surface area contributed by atoms with Gasteiger partial charge in [-0.05, 0) is 31.9 Å². The number of amides is 1. The van der Waals surface area contributed by atoms with Crippen molar-refractivity contribution in [3.8, 4) is 5.82 Å². The first kappa shape index (κ1) is 20.8. The zero-order valence-electron chi connectivity index (χ0n) is 17.0. The van der Waals surface area contributed by atoms with E-state index in [-0.39, 0.29) is 24.2 Å². The number of hydrogen-bond donors (Lipinski definition) is 1. The zero-order chi connectivity index (χ0) is 21.6. The van der Waals surface area contributed by atoms with Gasteiger partial charge in [0, 0.05) is 18.5 Å². The molecule has 0 unspecified atom stereocenters. The molecule has 3 aromatic heterocycles. The van der Waals surface area contributed by atoms with Crippen molar-refractivity contribution >= 4 is 34.2 Å². The quantitative estimate of drug-likeness (QED) is 0.541. The van der Waals surface area contributed by atoms with E-state index in [4.69, 9.17) is 4.74 Å². The molecule has 0 bridgehead atoms. The summed E-state index contributed by atoms with van der Waals surface area (Å²) < 4.78 is 6.46. The third-order valence-electron chi connectivity index (χ3n) is 4.82. The molecular weight excluding hydrogens is 420 g/mol. The zero-order valence-corrected chi connectivity index (χ0v) is 17.8. The molecule has 1 fully saturated rings. The standard InChI is InChI=1S/C19H22N8O3S/c1-2-30-17(28)8-14-10-31-19(22-14)23-18(29)13-4-3-7-26(9-13)15-5-6-16(25-24-15)27-12-20-11-21-27/h5-6,10-13H,2-4,7-9H2,1H3,(H,22,23,29)/t13-/m1/s1. The number of nitrogens with one attached hydrogen (secondary N) is 1. The first-order valence-electron chi connectivity index (χ1n) is 9.97. The van der Waals surface area contributed by atoms with Crippen LogP contribution in [-0.4, -0.2) is 61.5 Å². The molecule has 12 heteroatoms. The van der Waals surface area contributed by atoms with Crippen molar-refractivity contribution in [2.24, 2.45) is 5.92 Å². The van der Waals surface area contributed by atoms with Crippen LogP contribution in [0.4, 0.5) is 10.9 Å². The number of piperidine rings is 1. The summed E-state index contributed by atoms with van der Waals surface area (Å²) >= 11 is 1.30. The van der Waals surface area contributed by atoms with Gasteiger partial charge in [0.15, 0.2) is 16.8 Å². The van der Waals surface area contributed by atoms with Gasteiger partial charge in [-0.2, -0.15) is 5.10 Å². The molecule has 0 radical (unpaired) electrons. The topological polar surface area (TPSA) is 128 Å². The van der Waals surface area contributed by atoms with Gasteiger partial charge in [0.2, 0.25) is 5.91 Å².